The van der Waals surface area contributed by atoms with Crippen LogP contribution in [0.2, 0.25) is 0 Å². The highest BCUT2D eigenvalue weighted by molar-refractivity contribution is 5.16. The molecular weight excluding hydrogens is 237 g/mol. The van der Waals surface area contributed by atoms with Crippen LogP contribution >= 0.6 is 0 Å². The maximum absolute atomic E-state index is 13.6. The Kier molecular flexibility index (Phi) is 3.05. The molecule has 1 saturated heterocycles. The van der Waals surface area contributed by atoms with Crippen molar-refractivity contribution in [3.05, 3.63) is 22.0 Å². The fourth-order valence-electron chi connectivity index (χ4n) is 1.68. The van der Waals surface area contributed by atoms with Gasteiger partial charge in [-0.25, -0.2) is 9.37 Å². The molecule has 1 aliphatic heterocycles. The van der Waals surface area contributed by atoms with Gasteiger partial charge in [-0.05, 0) is 4.92 Å². The number of ether oxygens (including phenoxy) is 1. The molecule has 9 heteroatoms. The summed E-state index contributed by atoms with van der Waals surface area (Å²) in [5.74, 6) is -0.530. The molecule has 2 heterocycles. The molecule has 1 fully saturated rings. The van der Waals surface area contributed by atoms with Gasteiger partial charge in [0.2, 0.25) is 0 Å². The molecule has 8 nitrogen and oxygen atoms in total. The quantitative estimate of drug-likeness (QED) is 0.486. The second-order valence-corrected chi connectivity index (χ2v) is 3.62. The van der Waals surface area contributed by atoms with Crippen molar-refractivity contribution in [1.82, 2.24) is 9.97 Å². The molecule has 17 heavy (non-hydrogen) atoms. The van der Waals surface area contributed by atoms with Gasteiger partial charge in [-0.3, -0.25) is 0 Å². The van der Waals surface area contributed by atoms with Gasteiger partial charge in [-0.2, -0.15) is 0 Å². The van der Waals surface area contributed by atoms with Crippen LogP contribution in [0.3, 0.4) is 0 Å². The van der Waals surface area contributed by atoms with Crippen LogP contribution in [0.15, 0.2) is 6.20 Å². The maximum atomic E-state index is 13.6. The minimum Gasteiger partial charge on any atom is -0.394 e. The Balaban J connectivity index is 2.19. The number of imidazole rings is 1. The summed E-state index contributed by atoms with van der Waals surface area (Å²) in [4.78, 5) is 15.4. The summed E-state index contributed by atoms with van der Waals surface area (Å²) >= 11 is 0. The molecule has 0 radical (unpaired) electrons. The van der Waals surface area contributed by atoms with Crippen LogP contribution in [0, 0.1) is 10.1 Å². The number of aromatic nitrogens is 2. The van der Waals surface area contributed by atoms with Crippen molar-refractivity contribution in [2.75, 3.05) is 6.61 Å². The lowest BCUT2D eigenvalue weighted by Crippen LogP contribution is -2.30. The van der Waals surface area contributed by atoms with Crippen molar-refractivity contribution in [2.24, 2.45) is 0 Å². The molecule has 0 aromatic carbocycles. The molecule has 3 N–H and O–H groups in total. The first-order valence-electron chi connectivity index (χ1n) is 4.82. The van der Waals surface area contributed by atoms with Gasteiger partial charge in [0.1, 0.15) is 18.4 Å². The number of alkyl halides is 1. The number of rotatable bonds is 3. The van der Waals surface area contributed by atoms with Gasteiger partial charge in [0, 0.05) is 0 Å². The SMILES string of the molecule is O=[N+]([O-])c1nc([C@H]2O[C@H](CO)[C@@H](O)[C@H]2F)c[nH]1. The summed E-state index contributed by atoms with van der Waals surface area (Å²) < 4.78 is 18.6. The fourth-order valence-corrected chi connectivity index (χ4v) is 1.68. The van der Waals surface area contributed by atoms with E-state index in [1.165, 1.54) is 0 Å². The van der Waals surface area contributed by atoms with E-state index in [0.717, 1.165) is 6.20 Å². The summed E-state index contributed by atoms with van der Waals surface area (Å²) in [7, 11) is 0. The van der Waals surface area contributed by atoms with Crippen LogP contribution in [0.5, 0.6) is 0 Å². The Hall–Kier alpha value is -1.58. The zero-order valence-corrected chi connectivity index (χ0v) is 8.49. The highest BCUT2D eigenvalue weighted by Crippen LogP contribution is 2.35. The molecule has 0 bridgehead atoms. The number of aromatic amines is 1. The highest BCUT2D eigenvalue weighted by Gasteiger charge is 2.47. The number of hydrogen-bond donors (Lipinski definition) is 3. The topological polar surface area (TPSA) is 122 Å². The van der Waals surface area contributed by atoms with Gasteiger partial charge in [0.15, 0.2) is 18.0 Å². The largest absolute Gasteiger partial charge is 0.432 e. The maximum Gasteiger partial charge on any atom is 0.432 e. The van der Waals surface area contributed by atoms with Gasteiger partial charge in [0.25, 0.3) is 0 Å². The van der Waals surface area contributed by atoms with Crippen molar-refractivity contribution in [2.45, 2.75) is 24.5 Å². The van der Waals surface area contributed by atoms with Crippen LogP contribution < -0.4 is 0 Å². The molecule has 0 spiro atoms. The molecule has 2 rings (SSSR count). The number of hydrogen-bond acceptors (Lipinski definition) is 6. The van der Waals surface area contributed by atoms with Gasteiger partial charge >= 0.3 is 5.95 Å². The smallest absolute Gasteiger partial charge is 0.394 e. The van der Waals surface area contributed by atoms with E-state index in [2.05, 4.69) is 9.97 Å². The standard InChI is InChI=1S/C8H10FN3O5/c9-5-6(14)4(2-13)17-7(5)3-1-10-8(11-3)12(15)16/h1,4-7,13-14H,2H2,(H,10,11)/t4-,5-,6-,7-/m1/s1. The van der Waals surface area contributed by atoms with Crippen LogP contribution in [0.4, 0.5) is 10.3 Å². The molecule has 0 saturated carbocycles. The monoisotopic (exact) mass is 247 g/mol. The predicted octanol–water partition coefficient (Wildman–Crippen LogP) is -0.551. The molecule has 1 aromatic heterocycles. The zero-order chi connectivity index (χ0) is 12.6. The van der Waals surface area contributed by atoms with E-state index < -0.39 is 42.0 Å². The lowest BCUT2D eigenvalue weighted by atomic mass is 10.1. The minimum absolute atomic E-state index is 0.0146. The van der Waals surface area contributed by atoms with Gasteiger partial charge in [0.05, 0.1) is 6.61 Å². The number of aliphatic hydroxyl groups is 2. The summed E-state index contributed by atoms with van der Waals surface area (Å²) in [5.41, 5.74) is -0.0146. The van der Waals surface area contributed by atoms with E-state index in [1.807, 2.05) is 0 Å². The fraction of sp³-hybridized carbons (Fsp3) is 0.625. The molecule has 1 aromatic rings. The summed E-state index contributed by atoms with van der Waals surface area (Å²) in [6.07, 6.45) is -4.38. The first-order chi connectivity index (χ1) is 8.04. The summed E-state index contributed by atoms with van der Waals surface area (Å²) in [5, 5.41) is 28.6. The Morgan fingerprint density at radius 1 is 1.71 bits per heavy atom. The third kappa shape index (κ3) is 1.99. The van der Waals surface area contributed by atoms with Crippen LogP contribution in [-0.2, 0) is 4.74 Å². The summed E-state index contributed by atoms with van der Waals surface area (Å²) in [6, 6.07) is 0. The van der Waals surface area contributed by atoms with Crippen molar-refractivity contribution in [1.29, 1.82) is 0 Å². The van der Waals surface area contributed by atoms with E-state index in [4.69, 9.17) is 9.84 Å². The third-order valence-corrected chi connectivity index (χ3v) is 2.55. The van der Waals surface area contributed by atoms with E-state index >= 15 is 0 Å². The van der Waals surface area contributed by atoms with Crippen molar-refractivity contribution >= 4 is 5.95 Å². The Morgan fingerprint density at radius 2 is 2.41 bits per heavy atom. The predicted molar refractivity (Wildman–Crippen MR) is 50.8 cm³/mol. The van der Waals surface area contributed by atoms with Gasteiger partial charge in [-0.1, -0.05) is 4.98 Å². The number of nitro groups is 1. The van der Waals surface area contributed by atoms with Crippen LogP contribution in [-0.4, -0.2) is 50.1 Å². The molecule has 94 valence electrons. The van der Waals surface area contributed by atoms with Gasteiger partial charge < -0.3 is 25.1 Å². The molecule has 0 unspecified atom stereocenters. The van der Waals surface area contributed by atoms with Crippen molar-refractivity contribution < 1.29 is 24.3 Å². The molecule has 0 aliphatic carbocycles. The number of nitrogens with zero attached hydrogens (tertiary/aromatic N) is 2. The van der Waals surface area contributed by atoms with E-state index in [1.54, 1.807) is 0 Å². The van der Waals surface area contributed by atoms with E-state index in [9.17, 15) is 19.6 Å². The Labute approximate surface area is 94.2 Å². The lowest BCUT2D eigenvalue weighted by Gasteiger charge is -2.08. The Bertz CT molecular complexity index is 425. The lowest BCUT2D eigenvalue weighted by molar-refractivity contribution is -0.393. The molecular formula is C8H10FN3O5. The number of H-pyrrole nitrogens is 1. The number of aliphatic hydroxyl groups excluding tert-OH is 2. The number of halogens is 1. The summed E-state index contributed by atoms with van der Waals surface area (Å²) in [6.45, 7) is -0.537. The van der Waals surface area contributed by atoms with Crippen molar-refractivity contribution in [3.63, 3.8) is 0 Å². The second kappa shape index (κ2) is 4.35. The van der Waals surface area contributed by atoms with Gasteiger partial charge in [-0.15, -0.1) is 0 Å². The normalized spacial score (nSPS) is 32.9. The molecule has 0 amide bonds. The van der Waals surface area contributed by atoms with E-state index in [0.29, 0.717) is 0 Å². The first-order valence-corrected chi connectivity index (χ1v) is 4.82. The molecule has 1 aliphatic rings. The van der Waals surface area contributed by atoms with Crippen LogP contribution in [0.25, 0.3) is 0 Å². The first kappa shape index (κ1) is 11.9. The Morgan fingerprint density at radius 3 is 2.88 bits per heavy atom. The average Bonchev–Trinajstić information content (AvgIpc) is 2.87. The van der Waals surface area contributed by atoms with Crippen molar-refractivity contribution in [3.8, 4) is 0 Å². The number of nitrogens with one attached hydrogen (secondary N) is 1. The third-order valence-electron chi connectivity index (χ3n) is 2.55. The van der Waals surface area contributed by atoms with Crippen LogP contribution in [0.1, 0.15) is 11.8 Å². The highest BCUT2D eigenvalue weighted by atomic mass is 19.1. The average molecular weight is 247 g/mol. The molecule has 4 atom stereocenters. The minimum atomic E-state index is -1.78. The zero-order valence-electron chi connectivity index (χ0n) is 8.49. The van der Waals surface area contributed by atoms with E-state index in [-0.39, 0.29) is 5.69 Å². The second-order valence-electron chi connectivity index (χ2n) is 3.62.